The number of rotatable bonds is 6. The van der Waals surface area contributed by atoms with Gasteiger partial charge >= 0.3 is 0 Å². The summed E-state index contributed by atoms with van der Waals surface area (Å²) < 4.78 is 7.17. The van der Waals surface area contributed by atoms with Gasteiger partial charge in [-0.25, -0.2) is 4.68 Å². The molecule has 1 aliphatic heterocycles. The van der Waals surface area contributed by atoms with Crippen LogP contribution in [-0.2, 0) is 4.74 Å². The van der Waals surface area contributed by atoms with Crippen LogP contribution in [0.15, 0.2) is 54.0 Å². The Balaban J connectivity index is 1.55. The molecule has 2 aromatic heterocycles. The van der Waals surface area contributed by atoms with Crippen LogP contribution in [0.2, 0.25) is 0 Å². The lowest BCUT2D eigenvalue weighted by atomic mass is 10.2. The maximum absolute atomic E-state index is 13.1. The van der Waals surface area contributed by atoms with E-state index in [0.29, 0.717) is 5.56 Å². The number of para-hydroxylation sites is 1. The van der Waals surface area contributed by atoms with Gasteiger partial charge in [0.1, 0.15) is 5.69 Å². The normalized spacial score (nSPS) is 16.0. The molecule has 0 radical (unpaired) electrons. The Bertz CT molecular complexity index is 902. The molecule has 1 unspecified atom stereocenters. The fourth-order valence-electron chi connectivity index (χ4n) is 3.37. The van der Waals surface area contributed by atoms with Crippen molar-refractivity contribution in [1.29, 1.82) is 0 Å². The van der Waals surface area contributed by atoms with Crippen molar-refractivity contribution < 1.29 is 9.53 Å². The molecule has 1 aliphatic rings. The van der Waals surface area contributed by atoms with Gasteiger partial charge in [-0.2, -0.15) is 5.10 Å². The summed E-state index contributed by atoms with van der Waals surface area (Å²) in [4.78, 5) is 16.4. The lowest BCUT2D eigenvalue weighted by Gasteiger charge is -2.29. The highest BCUT2D eigenvalue weighted by Crippen LogP contribution is 2.27. The molecule has 3 aromatic rings. The molecule has 1 saturated heterocycles. The minimum Gasteiger partial charge on any atom is -0.379 e. The van der Waals surface area contributed by atoms with Crippen LogP contribution < -0.4 is 5.32 Å². The fourth-order valence-corrected chi connectivity index (χ4v) is 4.09. The lowest BCUT2D eigenvalue weighted by Crippen LogP contribution is -2.46. The largest absolute Gasteiger partial charge is 0.379 e. The number of amides is 1. The third-order valence-electron chi connectivity index (χ3n) is 4.75. The third kappa shape index (κ3) is 4.32. The number of carbonyl (C=O) groups is 1. The molecule has 6 nitrogen and oxygen atoms in total. The van der Waals surface area contributed by atoms with E-state index in [1.54, 1.807) is 16.0 Å². The van der Waals surface area contributed by atoms with Crippen molar-refractivity contribution in [2.45, 2.75) is 13.0 Å². The van der Waals surface area contributed by atoms with E-state index in [1.165, 1.54) is 0 Å². The summed E-state index contributed by atoms with van der Waals surface area (Å²) >= 11 is 1.59. The van der Waals surface area contributed by atoms with Gasteiger partial charge in [0.2, 0.25) is 0 Å². The topological polar surface area (TPSA) is 59.4 Å². The Morgan fingerprint density at radius 1 is 1.21 bits per heavy atom. The number of morpholine rings is 1. The fraction of sp³-hybridized carbons (Fsp3) is 0.333. The van der Waals surface area contributed by atoms with E-state index >= 15 is 0 Å². The molecule has 1 fully saturated rings. The van der Waals surface area contributed by atoms with E-state index in [0.717, 1.165) is 49.1 Å². The first-order valence-electron chi connectivity index (χ1n) is 9.50. The first-order valence-corrected chi connectivity index (χ1v) is 10.4. The molecule has 4 rings (SSSR count). The predicted octanol–water partition coefficient (Wildman–Crippen LogP) is 3.05. The highest BCUT2D eigenvalue weighted by atomic mass is 32.1. The number of hydrogen-bond acceptors (Lipinski definition) is 5. The quantitative estimate of drug-likeness (QED) is 0.696. The van der Waals surface area contributed by atoms with Crippen molar-refractivity contribution in [2.24, 2.45) is 0 Å². The van der Waals surface area contributed by atoms with Gasteiger partial charge in [-0.1, -0.05) is 24.3 Å². The highest BCUT2D eigenvalue weighted by Gasteiger charge is 2.22. The molecular weight excluding hydrogens is 372 g/mol. The summed E-state index contributed by atoms with van der Waals surface area (Å²) in [5.74, 6) is -0.0914. The number of thiophene rings is 1. The number of nitrogens with one attached hydrogen (secondary N) is 1. The summed E-state index contributed by atoms with van der Waals surface area (Å²) in [5.41, 5.74) is 2.25. The molecule has 1 N–H and O–H groups in total. The summed E-state index contributed by atoms with van der Waals surface area (Å²) in [7, 11) is 0. The number of aromatic nitrogens is 2. The van der Waals surface area contributed by atoms with E-state index < -0.39 is 0 Å². The molecule has 7 heteroatoms. The first-order chi connectivity index (χ1) is 13.7. The SMILES string of the molecule is CC(CN1CCOCC1)NC(=O)c1cn(-c2ccccc2)nc1-c1cccs1. The number of hydrogen-bond donors (Lipinski definition) is 1. The van der Waals surface area contributed by atoms with Gasteiger partial charge in [0.25, 0.3) is 5.91 Å². The molecule has 0 saturated carbocycles. The Hall–Kier alpha value is -2.48. The second-order valence-electron chi connectivity index (χ2n) is 6.94. The van der Waals surface area contributed by atoms with Crippen molar-refractivity contribution in [3.05, 3.63) is 59.6 Å². The first kappa shape index (κ1) is 18.9. The highest BCUT2D eigenvalue weighted by molar-refractivity contribution is 7.13. The summed E-state index contributed by atoms with van der Waals surface area (Å²) in [6.45, 7) is 6.19. The minimum absolute atomic E-state index is 0.0434. The van der Waals surface area contributed by atoms with Gasteiger partial charge in [-0.15, -0.1) is 11.3 Å². The van der Waals surface area contributed by atoms with Gasteiger partial charge in [-0.3, -0.25) is 9.69 Å². The van der Waals surface area contributed by atoms with Gasteiger partial charge in [-0.05, 0) is 30.5 Å². The third-order valence-corrected chi connectivity index (χ3v) is 5.62. The van der Waals surface area contributed by atoms with Crippen molar-refractivity contribution in [1.82, 2.24) is 20.0 Å². The van der Waals surface area contributed by atoms with Crippen LogP contribution in [0, 0.1) is 0 Å². The van der Waals surface area contributed by atoms with Gasteiger partial charge in [0.05, 0.1) is 29.3 Å². The van der Waals surface area contributed by atoms with Crippen LogP contribution in [-0.4, -0.2) is 59.5 Å². The van der Waals surface area contributed by atoms with Crippen molar-refractivity contribution in [2.75, 3.05) is 32.8 Å². The Kier molecular flexibility index (Phi) is 5.85. The average molecular weight is 397 g/mol. The molecule has 1 amide bonds. The zero-order valence-electron chi connectivity index (χ0n) is 15.9. The van der Waals surface area contributed by atoms with Gasteiger partial charge < -0.3 is 10.1 Å². The van der Waals surface area contributed by atoms with Gasteiger partial charge in [0.15, 0.2) is 0 Å². The molecule has 0 aliphatic carbocycles. The summed E-state index contributed by atoms with van der Waals surface area (Å²) in [6, 6.07) is 13.9. The lowest BCUT2D eigenvalue weighted by molar-refractivity contribution is 0.0342. The second-order valence-corrected chi connectivity index (χ2v) is 7.88. The van der Waals surface area contributed by atoms with Crippen molar-refractivity contribution in [3.63, 3.8) is 0 Å². The van der Waals surface area contributed by atoms with E-state index in [2.05, 4.69) is 10.2 Å². The number of benzene rings is 1. The van der Waals surface area contributed by atoms with E-state index in [4.69, 9.17) is 9.84 Å². The number of ether oxygens (including phenoxy) is 1. The average Bonchev–Trinajstić information content (AvgIpc) is 3.39. The van der Waals surface area contributed by atoms with Crippen LogP contribution in [0.25, 0.3) is 16.3 Å². The molecule has 3 heterocycles. The number of nitrogens with zero attached hydrogens (tertiary/aromatic N) is 3. The zero-order chi connectivity index (χ0) is 19.3. The van der Waals surface area contributed by atoms with Crippen LogP contribution >= 0.6 is 11.3 Å². The standard InChI is InChI=1S/C21H24N4O2S/c1-16(14-24-9-11-27-12-10-24)22-21(26)18-15-25(17-6-3-2-4-7-17)23-20(18)19-8-5-13-28-19/h2-8,13,15-16H,9-12,14H2,1H3,(H,22,26). The smallest absolute Gasteiger partial charge is 0.255 e. The van der Waals surface area contributed by atoms with Crippen molar-refractivity contribution >= 4 is 17.2 Å². The molecular formula is C21H24N4O2S. The molecule has 146 valence electrons. The maximum Gasteiger partial charge on any atom is 0.255 e. The maximum atomic E-state index is 13.1. The van der Waals surface area contributed by atoms with Crippen LogP contribution in [0.3, 0.4) is 0 Å². The molecule has 0 bridgehead atoms. The molecule has 1 aromatic carbocycles. The van der Waals surface area contributed by atoms with E-state index in [-0.39, 0.29) is 11.9 Å². The van der Waals surface area contributed by atoms with E-state index in [1.807, 2.05) is 61.0 Å². The van der Waals surface area contributed by atoms with Crippen LogP contribution in [0.4, 0.5) is 0 Å². The second kappa shape index (κ2) is 8.68. The minimum atomic E-state index is -0.0914. The zero-order valence-corrected chi connectivity index (χ0v) is 16.7. The molecule has 0 spiro atoms. The monoisotopic (exact) mass is 396 g/mol. The Labute approximate surface area is 168 Å². The van der Waals surface area contributed by atoms with Crippen LogP contribution in [0.5, 0.6) is 0 Å². The molecule has 28 heavy (non-hydrogen) atoms. The van der Waals surface area contributed by atoms with Crippen molar-refractivity contribution in [3.8, 4) is 16.3 Å². The molecule has 1 atom stereocenters. The number of carbonyl (C=O) groups excluding carboxylic acids is 1. The summed E-state index contributed by atoms with van der Waals surface area (Å²) in [5, 5.41) is 9.85. The summed E-state index contributed by atoms with van der Waals surface area (Å²) in [6.07, 6.45) is 1.82. The van der Waals surface area contributed by atoms with Crippen LogP contribution in [0.1, 0.15) is 17.3 Å². The van der Waals surface area contributed by atoms with E-state index in [9.17, 15) is 4.79 Å². The van der Waals surface area contributed by atoms with Gasteiger partial charge in [0, 0.05) is 31.9 Å². The Morgan fingerprint density at radius 2 is 2.00 bits per heavy atom. The Morgan fingerprint density at radius 3 is 2.71 bits per heavy atom. The predicted molar refractivity (Wildman–Crippen MR) is 111 cm³/mol.